The van der Waals surface area contributed by atoms with Crippen LogP contribution < -0.4 is 5.32 Å². The molecule has 0 aromatic heterocycles. The molecule has 1 aliphatic rings. The molecule has 6 N–H and O–H groups in total. The monoisotopic (exact) mass is 1120 g/mol. The second-order valence-corrected chi connectivity index (χ2v) is 23.2. The zero-order valence-corrected chi connectivity index (χ0v) is 51.1. The van der Waals surface area contributed by atoms with E-state index in [1.54, 1.807) is 6.08 Å². The number of hydrogen-bond donors (Lipinski definition) is 6. The van der Waals surface area contributed by atoms with Crippen molar-refractivity contribution in [1.82, 2.24) is 5.32 Å². The largest absolute Gasteiger partial charge is 0.466 e. The molecule has 1 aliphatic heterocycles. The number of esters is 1. The summed E-state index contributed by atoms with van der Waals surface area (Å²) in [7, 11) is 0. The maximum absolute atomic E-state index is 13.0. The first-order valence-electron chi connectivity index (χ1n) is 33.4. The lowest BCUT2D eigenvalue weighted by Crippen LogP contribution is -2.60. The predicted molar refractivity (Wildman–Crippen MR) is 329 cm³/mol. The summed E-state index contributed by atoms with van der Waals surface area (Å²) in [6, 6.07) is -0.830. The van der Waals surface area contributed by atoms with E-state index in [0.29, 0.717) is 19.4 Å². The number of rotatable bonds is 58. The van der Waals surface area contributed by atoms with Gasteiger partial charge in [0, 0.05) is 12.8 Å². The molecule has 1 fully saturated rings. The minimum Gasteiger partial charge on any atom is -0.466 e. The van der Waals surface area contributed by atoms with Gasteiger partial charge in [0.1, 0.15) is 24.4 Å². The third-order valence-corrected chi connectivity index (χ3v) is 15.6. The number of amides is 1. The second-order valence-electron chi connectivity index (χ2n) is 23.2. The van der Waals surface area contributed by atoms with Crippen LogP contribution in [0.3, 0.4) is 0 Å². The number of nitrogens with one attached hydrogen (secondary N) is 1. The molecule has 0 radical (unpaired) electrons. The van der Waals surface area contributed by atoms with Crippen molar-refractivity contribution in [2.75, 3.05) is 19.8 Å². The lowest BCUT2D eigenvalue weighted by Gasteiger charge is -2.40. The van der Waals surface area contributed by atoms with E-state index >= 15 is 0 Å². The highest BCUT2D eigenvalue weighted by Gasteiger charge is 2.44. The molecule has 7 unspecified atom stereocenters. The first-order chi connectivity index (χ1) is 38.7. The fourth-order valence-corrected chi connectivity index (χ4v) is 10.3. The smallest absolute Gasteiger partial charge is 0.305 e. The Hall–Kier alpha value is -2.38. The summed E-state index contributed by atoms with van der Waals surface area (Å²) in [4.78, 5) is 25.1. The van der Waals surface area contributed by atoms with Crippen LogP contribution in [-0.4, -0.2) is 100 Å². The number of unbranched alkanes of at least 4 members (excludes halogenated alkanes) is 38. The van der Waals surface area contributed by atoms with Crippen LogP contribution in [0.4, 0.5) is 0 Å². The maximum atomic E-state index is 13.0. The van der Waals surface area contributed by atoms with E-state index in [1.165, 1.54) is 212 Å². The van der Waals surface area contributed by atoms with Gasteiger partial charge in [-0.05, 0) is 96.3 Å². The van der Waals surface area contributed by atoms with Gasteiger partial charge in [0.15, 0.2) is 6.29 Å². The van der Waals surface area contributed by atoms with E-state index in [2.05, 4.69) is 55.6 Å². The van der Waals surface area contributed by atoms with Crippen LogP contribution in [0, 0.1) is 0 Å². The van der Waals surface area contributed by atoms with Crippen LogP contribution in [-0.2, 0) is 23.8 Å². The molecule has 0 aromatic carbocycles. The molecule has 1 rings (SSSR count). The Balaban J connectivity index is 1.95. The number of aliphatic hydroxyl groups excluding tert-OH is 5. The average molecular weight is 1120 g/mol. The van der Waals surface area contributed by atoms with Crippen molar-refractivity contribution in [3.05, 3.63) is 48.6 Å². The summed E-state index contributed by atoms with van der Waals surface area (Å²) >= 11 is 0. The summed E-state index contributed by atoms with van der Waals surface area (Å²) in [6.45, 7) is 4.28. The Kier molecular flexibility index (Phi) is 54.3. The molecule has 7 atom stereocenters. The predicted octanol–water partition coefficient (Wildman–Crippen LogP) is 16.4. The summed E-state index contributed by atoms with van der Waals surface area (Å²) in [6.07, 6.45) is 63.9. The summed E-state index contributed by atoms with van der Waals surface area (Å²) in [5, 5.41) is 54.2. The van der Waals surface area contributed by atoms with Crippen LogP contribution in [0.25, 0.3) is 0 Å². The van der Waals surface area contributed by atoms with Crippen LogP contribution in [0.1, 0.15) is 309 Å². The first-order valence-corrected chi connectivity index (χ1v) is 33.4. The molecule has 462 valence electrons. The molecule has 0 saturated carbocycles. The Bertz CT molecular complexity index is 1450. The third-order valence-electron chi connectivity index (χ3n) is 15.6. The molecule has 11 nitrogen and oxygen atoms in total. The minimum absolute atomic E-state index is 0.00212. The van der Waals surface area contributed by atoms with Gasteiger partial charge in [0.2, 0.25) is 5.91 Å². The van der Waals surface area contributed by atoms with Crippen LogP contribution in [0.15, 0.2) is 48.6 Å². The standard InChI is InChI=1S/C68H125NO10/c1-3-5-7-9-11-13-14-15-16-17-27-30-33-36-40-44-48-52-56-64(73)77-57-53-49-45-41-37-34-31-28-25-23-21-19-18-20-22-24-26-29-32-35-39-43-47-51-55-63(72)69-60(61(71)54-50-46-42-38-12-10-8-6-4-2)59-78-68-67(76)66(75)65(74)62(58-70)79-68/h12,16-17,20,22,38,50,54,60-62,65-68,70-71,74-76H,3-11,13-15,18-19,21,23-37,39-49,51-53,55-59H2,1-2H3,(H,69,72)/b17-16-,22-20-,38-12+,54-50+. The van der Waals surface area contributed by atoms with E-state index in [0.717, 1.165) is 70.6 Å². The van der Waals surface area contributed by atoms with Gasteiger partial charge in [-0.15, -0.1) is 0 Å². The van der Waals surface area contributed by atoms with Crippen molar-refractivity contribution < 1.29 is 49.3 Å². The molecule has 0 bridgehead atoms. The van der Waals surface area contributed by atoms with Crippen molar-refractivity contribution in [2.24, 2.45) is 0 Å². The molecule has 1 heterocycles. The van der Waals surface area contributed by atoms with Gasteiger partial charge < -0.3 is 45.1 Å². The molecule has 0 aromatic rings. The van der Waals surface area contributed by atoms with E-state index in [9.17, 15) is 35.1 Å². The Morgan fingerprint density at radius 2 is 0.823 bits per heavy atom. The van der Waals surface area contributed by atoms with E-state index < -0.39 is 49.5 Å². The molecule has 11 heteroatoms. The lowest BCUT2D eigenvalue weighted by molar-refractivity contribution is -0.302. The topological polar surface area (TPSA) is 175 Å². The molecule has 1 saturated heterocycles. The molecule has 1 amide bonds. The fraction of sp³-hybridized carbons (Fsp3) is 0.853. The van der Waals surface area contributed by atoms with Crippen LogP contribution >= 0.6 is 0 Å². The second kappa shape index (κ2) is 57.4. The highest BCUT2D eigenvalue weighted by molar-refractivity contribution is 5.76. The van der Waals surface area contributed by atoms with Crippen molar-refractivity contribution >= 4 is 11.9 Å². The van der Waals surface area contributed by atoms with Gasteiger partial charge in [-0.3, -0.25) is 9.59 Å². The number of ether oxygens (including phenoxy) is 3. The number of carbonyl (C=O) groups is 2. The number of allylic oxidation sites excluding steroid dienone is 7. The first kappa shape index (κ1) is 74.6. The summed E-state index contributed by atoms with van der Waals surface area (Å²) < 4.78 is 16.7. The summed E-state index contributed by atoms with van der Waals surface area (Å²) in [5.41, 5.74) is 0. The highest BCUT2D eigenvalue weighted by Crippen LogP contribution is 2.23. The summed E-state index contributed by atoms with van der Waals surface area (Å²) in [5.74, 6) is -0.201. The Morgan fingerprint density at radius 3 is 1.28 bits per heavy atom. The normalized spacial score (nSPS) is 18.7. The Labute approximate surface area is 485 Å². The Morgan fingerprint density at radius 1 is 0.456 bits per heavy atom. The molecule has 79 heavy (non-hydrogen) atoms. The molecular weight excluding hydrogens is 991 g/mol. The number of carbonyl (C=O) groups excluding carboxylic acids is 2. The van der Waals surface area contributed by atoms with Gasteiger partial charge in [0.05, 0.1) is 32.0 Å². The van der Waals surface area contributed by atoms with Gasteiger partial charge >= 0.3 is 5.97 Å². The van der Waals surface area contributed by atoms with Crippen molar-refractivity contribution in [1.29, 1.82) is 0 Å². The molecule has 0 aliphatic carbocycles. The maximum Gasteiger partial charge on any atom is 0.305 e. The van der Waals surface area contributed by atoms with Crippen molar-refractivity contribution in [3.8, 4) is 0 Å². The van der Waals surface area contributed by atoms with Crippen molar-refractivity contribution in [2.45, 2.75) is 352 Å². The van der Waals surface area contributed by atoms with Crippen LogP contribution in [0.2, 0.25) is 0 Å². The van der Waals surface area contributed by atoms with E-state index in [4.69, 9.17) is 14.2 Å². The van der Waals surface area contributed by atoms with Gasteiger partial charge in [-0.1, -0.05) is 249 Å². The number of aliphatic hydroxyl groups is 5. The van der Waals surface area contributed by atoms with Crippen molar-refractivity contribution in [3.63, 3.8) is 0 Å². The van der Waals surface area contributed by atoms with E-state index in [1.807, 2.05) is 6.08 Å². The average Bonchev–Trinajstić information content (AvgIpc) is 3.46. The number of hydrogen-bond acceptors (Lipinski definition) is 10. The van der Waals surface area contributed by atoms with Gasteiger partial charge in [-0.2, -0.15) is 0 Å². The SMILES string of the molecule is CCCCC/C=C/CC/C=C/C(O)C(COC1OC(CO)C(O)C(O)C1O)NC(=O)CCCCCCCCCC/C=C\CCCCCCCCCCCCCCOC(=O)CCCCCCCCC/C=C\CCCCCCCCC. The third kappa shape index (κ3) is 46.8. The minimum atomic E-state index is -1.58. The van der Waals surface area contributed by atoms with Gasteiger partial charge in [0.25, 0.3) is 0 Å². The zero-order chi connectivity index (χ0) is 57.3. The van der Waals surface area contributed by atoms with Crippen LogP contribution in [0.5, 0.6) is 0 Å². The van der Waals surface area contributed by atoms with Gasteiger partial charge in [-0.25, -0.2) is 0 Å². The van der Waals surface area contributed by atoms with E-state index in [-0.39, 0.29) is 18.5 Å². The zero-order valence-electron chi connectivity index (χ0n) is 51.1. The lowest BCUT2D eigenvalue weighted by atomic mass is 9.99. The molecular formula is C68H125NO10. The quantitative estimate of drug-likeness (QED) is 0.0195. The highest BCUT2D eigenvalue weighted by atomic mass is 16.7. The molecule has 0 spiro atoms. The fourth-order valence-electron chi connectivity index (χ4n) is 10.3.